The highest BCUT2D eigenvalue weighted by Gasteiger charge is 2.24. The zero-order chi connectivity index (χ0) is 22.4. The number of anilines is 2. The predicted octanol–water partition coefficient (Wildman–Crippen LogP) is 2.45. The molecule has 0 fully saturated rings. The Morgan fingerprint density at radius 3 is 2.81 bits per heavy atom. The molecule has 3 heterocycles. The van der Waals surface area contributed by atoms with Crippen molar-refractivity contribution in [2.75, 3.05) is 17.2 Å². The third-order valence-electron chi connectivity index (χ3n) is 4.92. The van der Waals surface area contributed by atoms with Gasteiger partial charge in [0.15, 0.2) is 0 Å². The Morgan fingerprint density at radius 1 is 1.26 bits per heavy atom. The first-order chi connectivity index (χ1) is 14.9. The predicted molar refractivity (Wildman–Crippen MR) is 121 cm³/mol. The number of aryl methyl sites for hydroxylation is 2. The Labute approximate surface area is 181 Å². The van der Waals surface area contributed by atoms with Crippen molar-refractivity contribution in [1.29, 1.82) is 0 Å². The number of carbonyl (C=O) groups excluding carboxylic acids is 2. The number of nitrogen functional groups attached to an aromatic ring is 1. The zero-order valence-corrected chi connectivity index (χ0v) is 17.8. The number of aliphatic imine (C=N–C) groups is 1. The van der Waals surface area contributed by atoms with Gasteiger partial charge in [0.05, 0.1) is 11.4 Å². The van der Waals surface area contributed by atoms with Crippen molar-refractivity contribution in [1.82, 2.24) is 20.1 Å². The summed E-state index contributed by atoms with van der Waals surface area (Å²) in [5.41, 5.74) is 8.97. The number of pyridine rings is 1. The van der Waals surface area contributed by atoms with Gasteiger partial charge in [-0.25, -0.2) is 9.67 Å². The van der Waals surface area contributed by atoms with Crippen LogP contribution in [0.3, 0.4) is 0 Å². The molecule has 162 valence electrons. The molecule has 0 saturated carbocycles. The first kappa shape index (κ1) is 21.9. The number of carbonyl (C=O) groups is 2. The molecule has 0 aliphatic carbocycles. The van der Waals surface area contributed by atoms with Gasteiger partial charge in [0.1, 0.15) is 11.6 Å². The van der Waals surface area contributed by atoms with E-state index in [1.165, 1.54) is 0 Å². The Hall–Kier alpha value is -3.75. The van der Waals surface area contributed by atoms with Crippen LogP contribution >= 0.6 is 0 Å². The van der Waals surface area contributed by atoms with E-state index in [4.69, 9.17) is 5.73 Å². The quantitative estimate of drug-likeness (QED) is 0.526. The van der Waals surface area contributed by atoms with E-state index in [1.54, 1.807) is 29.4 Å². The molecule has 0 bridgehead atoms. The summed E-state index contributed by atoms with van der Waals surface area (Å²) in [5.74, 6) is 0.697. The van der Waals surface area contributed by atoms with Crippen LogP contribution in [0.25, 0.3) is 5.57 Å². The number of nitrogens with one attached hydrogen (secondary N) is 1. The van der Waals surface area contributed by atoms with E-state index < -0.39 is 0 Å². The average Bonchev–Trinajstić information content (AvgIpc) is 3.14. The van der Waals surface area contributed by atoms with E-state index in [-0.39, 0.29) is 24.7 Å². The van der Waals surface area contributed by atoms with Crippen molar-refractivity contribution >= 4 is 35.6 Å². The monoisotopic (exact) mass is 421 g/mol. The molecule has 0 atom stereocenters. The van der Waals surface area contributed by atoms with E-state index in [1.807, 2.05) is 30.7 Å². The van der Waals surface area contributed by atoms with Crippen LogP contribution in [0.2, 0.25) is 0 Å². The number of fused-ring (bicyclic) bond motifs is 1. The SMILES string of the molecule is C=N/C(=C\C=C(/C)c1cncc(N)c1)NC(=O)CCC(=O)N1CCCn2nc(C)cc21. The summed E-state index contributed by atoms with van der Waals surface area (Å²) in [5, 5.41) is 7.08. The molecule has 1 aliphatic rings. The molecule has 2 aromatic heterocycles. The third-order valence-corrected chi connectivity index (χ3v) is 4.92. The second-order valence-corrected chi connectivity index (χ2v) is 7.38. The number of aromatic nitrogens is 3. The molecular formula is C22H27N7O2. The van der Waals surface area contributed by atoms with Crippen LogP contribution in [0.5, 0.6) is 0 Å². The molecule has 2 amide bonds. The number of amides is 2. The van der Waals surface area contributed by atoms with Crippen LogP contribution in [-0.4, -0.2) is 39.8 Å². The molecule has 0 radical (unpaired) electrons. The lowest BCUT2D eigenvalue weighted by Gasteiger charge is -2.27. The van der Waals surface area contributed by atoms with Gasteiger partial charge >= 0.3 is 0 Å². The second-order valence-electron chi connectivity index (χ2n) is 7.38. The van der Waals surface area contributed by atoms with Crippen LogP contribution in [0.15, 0.2) is 47.5 Å². The minimum absolute atomic E-state index is 0.0527. The number of allylic oxidation sites excluding steroid dienone is 3. The van der Waals surface area contributed by atoms with Gasteiger partial charge < -0.3 is 11.1 Å². The van der Waals surface area contributed by atoms with E-state index in [0.717, 1.165) is 35.6 Å². The molecule has 2 aromatic rings. The minimum atomic E-state index is -0.301. The van der Waals surface area contributed by atoms with Crippen molar-refractivity contribution in [3.8, 4) is 0 Å². The summed E-state index contributed by atoms with van der Waals surface area (Å²) in [6, 6.07) is 3.70. The fourth-order valence-electron chi connectivity index (χ4n) is 3.33. The molecule has 0 saturated heterocycles. The lowest BCUT2D eigenvalue weighted by Crippen LogP contribution is -2.38. The van der Waals surface area contributed by atoms with Gasteiger partial charge in [-0.1, -0.05) is 6.08 Å². The van der Waals surface area contributed by atoms with E-state index >= 15 is 0 Å². The molecule has 0 spiro atoms. The van der Waals surface area contributed by atoms with Crippen LogP contribution in [0.1, 0.15) is 37.4 Å². The Kier molecular flexibility index (Phi) is 6.96. The molecule has 3 N–H and O–H groups in total. The highest BCUT2D eigenvalue weighted by molar-refractivity contribution is 5.95. The van der Waals surface area contributed by atoms with Gasteiger partial charge in [0.2, 0.25) is 11.8 Å². The third kappa shape index (κ3) is 5.65. The molecule has 0 unspecified atom stereocenters. The topological polar surface area (TPSA) is 118 Å². The van der Waals surface area contributed by atoms with Gasteiger partial charge in [0.25, 0.3) is 0 Å². The van der Waals surface area contributed by atoms with Gasteiger partial charge in [-0.15, -0.1) is 0 Å². The molecular weight excluding hydrogens is 394 g/mol. The maximum Gasteiger partial charge on any atom is 0.228 e. The van der Waals surface area contributed by atoms with E-state index in [2.05, 4.69) is 27.1 Å². The lowest BCUT2D eigenvalue weighted by molar-refractivity contribution is -0.124. The van der Waals surface area contributed by atoms with Gasteiger partial charge in [-0.3, -0.25) is 19.5 Å². The Balaban J connectivity index is 1.57. The summed E-state index contributed by atoms with van der Waals surface area (Å²) >= 11 is 0. The molecule has 9 nitrogen and oxygen atoms in total. The normalized spacial score (nSPS) is 14.2. The van der Waals surface area contributed by atoms with E-state index in [9.17, 15) is 9.59 Å². The number of nitrogens with zero attached hydrogens (tertiary/aromatic N) is 5. The lowest BCUT2D eigenvalue weighted by atomic mass is 10.1. The second kappa shape index (κ2) is 9.84. The fraction of sp³-hybridized carbons (Fsp3) is 0.318. The van der Waals surface area contributed by atoms with Gasteiger partial charge in [-0.2, -0.15) is 5.10 Å². The minimum Gasteiger partial charge on any atom is -0.397 e. The number of hydrogen-bond acceptors (Lipinski definition) is 6. The van der Waals surface area contributed by atoms with Gasteiger partial charge in [-0.05, 0) is 50.3 Å². The molecule has 9 heteroatoms. The van der Waals surface area contributed by atoms with Crippen molar-refractivity contribution < 1.29 is 9.59 Å². The highest BCUT2D eigenvalue weighted by Crippen LogP contribution is 2.22. The summed E-state index contributed by atoms with van der Waals surface area (Å²) < 4.78 is 1.84. The summed E-state index contributed by atoms with van der Waals surface area (Å²) in [4.78, 5) is 34.6. The summed E-state index contributed by atoms with van der Waals surface area (Å²) in [7, 11) is 0. The number of rotatable bonds is 7. The van der Waals surface area contributed by atoms with E-state index in [0.29, 0.717) is 18.1 Å². The maximum absolute atomic E-state index is 12.7. The Morgan fingerprint density at radius 2 is 2.06 bits per heavy atom. The molecule has 31 heavy (non-hydrogen) atoms. The smallest absolute Gasteiger partial charge is 0.228 e. The largest absolute Gasteiger partial charge is 0.397 e. The van der Waals surface area contributed by atoms with Crippen molar-refractivity contribution in [3.05, 3.63) is 53.8 Å². The fourth-order valence-corrected chi connectivity index (χ4v) is 3.33. The first-order valence-electron chi connectivity index (χ1n) is 10.1. The maximum atomic E-state index is 12.7. The van der Waals surface area contributed by atoms with Crippen LogP contribution in [-0.2, 0) is 16.1 Å². The van der Waals surface area contributed by atoms with Crippen LogP contribution < -0.4 is 16.0 Å². The van der Waals surface area contributed by atoms with Crippen LogP contribution in [0.4, 0.5) is 11.5 Å². The van der Waals surface area contributed by atoms with Crippen molar-refractivity contribution in [2.24, 2.45) is 4.99 Å². The van der Waals surface area contributed by atoms with Crippen molar-refractivity contribution in [2.45, 2.75) is 39.7 Å². The Bertz CT molecular complexity index is 1050. The van der Waals surface area contributed by atoms with Crippen LogP contribution in [0, 0.1) is 6.92 Å². The molecule has 3 rings (SSSR count). The number of hydrogen-bond donors (Lipinski definition) is 2. The summed E-state index contributed by atoms with van der Waals surface area (Å²) in [6.07, 6.45) is 7.72. The standard InChI is InChI=1S/C22H27N7O2/c1-15(17-12-18(23)14-25-13-17)5-6-19(24-3)26-20(30)7-8-22(31)28-9-4-10-29-21(28)11-16(2)27-29/h5-6,11-14H,3-4,7-10,23H2,1-2H3,(H,26,30)/b15-5+,19-6+. The van der Waals surface area contributed by atoms with Gasteiger partial charge in [0, 0.05) is 44.4 Å². The average molecular weight is 422 g/mol. The zero-order valence-electron chi connectivity index (χ0n) is 17.8. The molecule has 1 aliphatic heterocycles. The number of nitrogens with two attached hydrogens (primary N) is 1. The summed E-state index contributed by atoms with van der Waals surface area (Å²) in [6.45, 7) is 8.73. The first-order valence-corrected chi connectivity index (χ1v) is 10.1. The molecule has 0 aromatic carbocycles. The highest BCUT2D eigenvalue weighted by atomic mass is 16.2. The van der Waals surface area contributed by atoms with Crippen molar-refractivity contribution in [3.63, 3.8) is 0 Å².